The van der Waals surface area contributed by atoms with Gasteiger partial charge >= 0.3 is 0 Å². The van der Waals surface area contributed by atoms with Crippen LogP contribution in [0.2, 0.25) is 5.02 Å². The Hall–Kier alpha value is -2.35. The summed E-state index contributed by atoms with van der Waals surface area (Å²) in [6.07, 6.45) is 0. The first kappa shape index (κ1) is 22.3. The topological polar surface area (TPSA) is 139 Å². The van der Waals surface area contributed by atoms with Gasteiger partial charge in [0.2, 0.25) is 15.4 Å². The number of non-ortho nitro benzene ring substituents is 1. The third-order valence-electron chi connectivity index (χ3n) is 4.44. The van der Waals surface area contributed by atoms with E-state index in [1.807, 2.05) is 4.90 Å². The van der Waals surface area contributed by atoms with Crippen molar-refractivity contribution in [3.05, 3.63) is 33.3 Å². The molecule has 0 radical (unpaired) electrons. The van der Waals surface area contributed by atoms with E-state index in [0.29, 0.717) is 18.8 Å². The van der Waals surface area contributed by atoms with Gasteiger partial charge in [-0.1, -0.05) is 36.8 Å². The van der Waals surface area contributed by atoms with Gasteiger partial charge in [0, 0.05) is 44.2 Å². The molecule has 0 saturated carbocycles. The van der Waals surface area contributed by atoms with E-state index in [2.05, 4.69) is 15.5 Å². The Bertz CT molecular complexity index is 1070. The SMILES string of the molecule is CC(C)C(=O)Nc1nnc(S(=O)(=O)N2CCN(c3ccc([N+](=O)[O-])cc3Cl)CC2)s1. The number of carbonyl (C=O) groups excluding carboxylic acids is 1. The molecule has 1 aromatic heterocycles. The monoisotopic (exact) mass is 474 g/mol. The molecule has 2 aromatic rings. The molecule has 1 aromatic carbocycles. The fourth-order valence-corrected chi connectivity index (χ4v) is 5.52. The molecule has 2 heterocycles. The van der Waals surface area contributed by atoms with E-state index in [4.69, 9.17) is 11.6 Å². The van der Waals surface area contributed by atoms with Gasteiger partial charge in [0.05, 0.1) is 15.6 Å². The number of amides is 1. The number of sulfonamides is 1. The quantitative estimate of drug-likeness (QED) is 0.382. The predicted molar refractivity (Wildman–Crippen MR) is 112 cm³/mol. The largest absolute Gasteiger partial charge is 0.368 e. The number of halogens is 1. The van der Waals surface area contributed by atoms with Crippen LogP contribution in [-0.2, 0) is 14.8 Å². The zero-order chi connectivity index (χ0) is 22.1. The third kappa shape index (κ3) is 4.69. The molecule has 1 aliphatic rings. The van der Waals surface area contributed by atoms with Crippen LogP contribution in [0.3, 0.4) is 0 Å². The molecule has 11 nitrogen and oxygen atoms in total. The van der Waals surface area contributed by atoms with Crippen LogP contribution >= 0.6 is 22.9 Å². The fraction of sp³-hybridized carbons (Fsp3) is 0.438. The molecule has 1 saturated heterocycles. The Kier molecular flexibility index (Phi) is 6.55. The summed E-state index contributed by atoms with van der Waals surface area (Å²) in [5.74, 6) is -0.544. The highest BCUT2D eigenvalue weighted by atomic mass is 35.5. The van der Waals surface area contributed by atoms with Gasteiger partial charge in [-0.05, 0) is 6.07 Å². The van der Waals surface area contributed by atoms with Gasteiger partial charge in [-0.15, -0.1) is 10.2 Å². The molecule has 1 amide bonds. The number of aromatic nitrogens is 2. The van der Waals surface area contributed by atoms with E-state index in [0.717, 1.165) is 11.3 Å². The van der Waals surface area contributed by atoms with Crippen LogP contribution in [0.1, 0.15) is 13.8 Å². The van der Waals surface area contributed by atoms with Crippen molar-refractivity contribution in [2.75, 3.05) is 36.4 Å². The van der Waals surface area contributed by atoms with E-state index in [1.165, 1.54) is 16.4 Å². The number of hydrogen-bond acceptors (Lipinski definition) is 9. The van der Waals surface area contributed by atoms with Crippen molar-refractivity contribution in [3.63, 3.8) is 0 Å². The lowest BCUT2D eigenvalue weighted by Crippen LogP contribution is -2.48. The summed E-state index contributed by atoms with van der Waals surface area (Å²) in [6, 6.07) is 4.19. The molecule has 1 fully saturated rings. The Morgan fingerprint density at radius 2 is 1.93 bits per heavy atom. The summed E-state index contributed by atoms with van der Waals surface area (Å²) in [5, 5.41) is 21.2. The second-order valence-corrected chi connectivity index (χ2v) is 10.3. The summed E-state index contributed by atoms with van der Waals surface area (Å²) >= 11 is 6.97. The molecular formula is C16H19ClN6O5S2. The van der Waals surface area contributed by atoms with E-state index in [-0.39, 0.29) is 45.1 Å². The van der Waals surface area contributed by atoms with Crippen molar-refractivity contribution in [2.24, 2.45) is 5.92 Å². The molecule has 3 rings (SSSR count). The van der Waals surface area contributed by atoms with Crippen molar-refractivity contribution in [2.45, 2.75) is 18.2 Å². The molecule has 30 heavy (non-hydrogen) atoms. The lowest BCUT2D eigenvalue weighted by molar-refractivity contribution is -0.384. The average Bonchev–Trinajstić information content (AvgIpc) is 3.17. The Morgan fingerprint density at radius 3 is 2.50 bits per heavy atom. The maximum atomic E-state index is 12.9. The average molecular weight is 475 g/mol. The standard InChI is InChI=1S/C16H19ClN6O5S2/c1-10(2)14(24)18-15-19-20-16(29-15)30(27,28)22-7-5-21(6-8-22)13-4-3-11(23(25)26)9-12(13)17/h3-4,9-10H,5-8H2,1-2H3,(H,18,19,24). The van der Waals surface area contributed by atoms with Crippen LogP contribution in [0.15, 0.2) is 22.5 Å². The van der Waals surface area contributed by atoms with E-state index in [1.54, 1.807) is 19.9 Å². The molecule has 0 atom stereocenters. The maximum absolute atomic E-state index is 12.9. The number of anilines is 2. The molecule has 1 aliphatic heterocycles. The maximum Gasteiger partial charge on any atom is 0.272 e. The molecule has 14 heteroatoms. The van der Waals surface area contributed by atoms with Gasteiger partial charge < -0.3 is 10.2 Å². The van der Waals surface area contributed by atoms with Crippen LogP contribution in [0, 0.1) is 16.0 Å². The highest BCUT2D eigenvalue weighted by molar-refractivity contribution is 7.91. The fourth-order valence-electron chi connectivity index (χ4n) is 2.76. The normalized spacial score (nSPS) is 15.4. The second kappa shape index (κ2) is 8.79. The van der Waals surface area contributed by atoms with Crippen LogP contribution in [0.4, 0.5) is 16.5 Å². The predicted octanol–water partition coefficient (Wildman–Crippen LogP) is 2.21. The minimum absolute atomic E-state index is 0.110. The lowest BCUT2D eigenvalue weighted by Gasteiger charge is -2.35. The molecule has 1 N–H and O–H groups in total. The van der Waals surface area contributed by atoms with Crippen molar-refractivity contribution >= 4 is 55.4 Å². The number of nitrogens with zero attached hydrogens (tertiary/aromatic N) is 5. The number of benzene rings is 1. The summed E-state index contributed by atoms with van der Waals surface area (Å²) in [5.41, 5.74) is 0.496. The summed E-state index contributed by atoms with van der Waals surface area (Å²) < 4.78 is 26.8. The number of nitrogens with one attached hydrogen (secondary N) is 1. The Morgan fingerprint density at radius 1 is 1.27 bits per heavy atom. The van der Waals surface area contributed by atoms with Gasteiger partial charge in [-0.2, -0.15) is 4.31 Å². The Balaban J connectivity index is 1.68. The van der Waals surface area contributed by atoms with Crippen LogP contribution in [0.25, 0.3) is 0 Å². The highest BCUT2D eigenvalue weighted by Gasteiger charge is 2.32. The second-order valence-electron chi connectivity index (χ2n) is 6.80. The van der Waals surface area contributed by atoms with Crippen molar-refractivity contribution in [3.8, 4) is 0 Å². The van der Waals surface area contributed by atoms with Gasteiger partial charge in [0.25, 0.3) is 15.7 Å². The van der Waals surface area contributed by atoms with Gasteiger partial charge in [0.15, 0.2) is 0 Å². The smallest absolute Gasteiger partial charge is 0.272 e. The first-order chi connectivity index (χ1) is 14.1. The van der Waals surface area contributed by atoms with E-state index in [9.17, 15) is 23.3 Å². The van der Waals surface area contributed by atoms with Gasteiger partial charge in [-0.25, -0.2) is 8.42 Å². The number of carbonyl (C=O) groups is 1. The van der Waals surface area contributed by atoms with Crippen LogP contribution < -0.4 is 10.2 Å². The van der Waals surface area contributed by atoms with Crippen molar-refractivity contribution < 1.29 is 18.1 Å². The molecule has 0 bridgehead atoms. The molecular weight excluding hydrogens is 456 g/mol. The zero-order valence-electron chi connectivity index (χ0n) is 16.1. The van der Waals surface area contributed by atoms with E-state index < -0.39 is 14.9 Å². The zero-order valence-corrected chi connectivity index (χ0v) is 18.5. The number of nitro benzene ring substituents is 1. The lowest BCUT2D eigenvalue weighted by atomic mass is 10.2. The molecule has 0 spiro atoms. The van der Waals surface area contributed by atoms with Gasteiger partial charge in [0.1, 0.15) is 0 Å². The van der Waals surface area contributed by atoms with Crippen LogP contribution in [0.5, 0.6) is 0 Å². The summed E-state index contributed by atoms with van der Waals surface area (Å²) in [6.45, 7) is 4.50. The number of piperazine rings is 1. The minimum Gasteiger partial charge on any atom is -0.368 e. The molecule has 162 valence electrons. The number of hydrogen-bond donors (Lipinski definition) is 1. The van der Waals surface area contributed by atoms with Crippen LogP contribution in [-0.4, -0.2) is 59.9 Å². The molecule has 0 unspecified atom stereocenters. The number of rotatable bonds is 6. The van der Waals surface area contributed by atoms with Crippen molar-refractivity contribution in [1.82, 2.24) is 14.5 Å². The van der Waals surface area contributed by atoms with Crippen molar-refractivity contribution in [1.29, 1.82) is 0 Å². The van der Waals surface area contributed by atoms with Gasteiger partial charge in [-0.3, -0.25) is 14.9 Å². The first-order valence-electron chi connectivity index (χ1n) is 8.93. The minimum atomic E-state index is -3.85. The summed E-state index contributed by atoms with van der Waals surface area (Å²) in [4.78, 5) is 23.9. The highest BCUT2D eigenvalue weighted by Crippen LogP contribution is 2.31. The molecule has 0 aliphatic carbocycles. The first-order valence-corrected chi connectivity index (χ1v) is 11.6. The number of nitro groups is 1. The van der Waals surface area contributed by atoms with E-state index >= 15 is 0 Å². The Labute approximate surface area is 181 Å². The summed E-state index contributed by atoms with van der Waals surface area (Å²) in [7, 11) is -3.85. The third-order valence-corrected chi connectivity index (χ3v) is 7.83.